The number of nitrogens with zero attached hydrogens (tertiary/aromatic N) is 4. The SMILES string of the molecule is CCN(CC)c1ccc(-c2nnc(SC(C)C(=O)NC(=O)NCc3ccccc3)n2CC)cc1. The van der Waals surface area contributed by atoms with Crippen LogP contribution in [0.4, 0.5) is 10.5 Å². The van der Waals surface area contributed by atoms with E-state index >= 15 is 0 Å². The second kappa shape index (κ2) is 12.2. The lowest BCUT2D eigenvalue weighted by atomic mass is 10.2. The van der Waals surface area contributed by atoms with E-state index in [1.807, 2.05) is 54.0 Å². The molecule has 2 N–H and O–H groups in total. The van der Waals surface area contributed by atoms with E-state index in [0.29, 0.717) is 18.2 Å². The topological polar surface area (TPSA) is 92.2 Å². The third kappa shape index (κ3) is 6.38. The van der Waals surface area contributed by atoms with Crippen LogP contribution in [-0.4, -0.2) is 45.0 Å². The third-order valence-corrected chi connectivity index (χ3v) is 6.55. The van der Waals surface area contributed by atoms with Crippen LogP contribution in [0, 0.1) is 0 Å². The molecule has 3 rings (SSSR count). The second-order valence-corrected chi connectivity index (χ2v) is 9.00. The fourth-order valence-corrected chi connectivity index (χ4v) is 4.45. The van der Waals surface area contributed by atoms with Gasteiger partial charge in [-0.15, -0.1) is 10.2 Å². The molecule has 0 bridgehead atoms. The van der Waals surface area contributed by atoms with Gasteiger partial charge in [-0.05, 0) is 57.5 Å². The van der Waals surface area contributed by atoms with Gasteiger partial charge >= 0.3 is 6.03 Å². The average molecular weight is 481 g/mol. The first-order valence-electron chi connectivity index (χ1n) is 11.5. The maximum atomic E-state index is 12.5. The van der Waals surface area contributed by atoms with Crippen molar-refractivity contribution < 1.29 is 9.59 Å². The van der Waals surface area contributed by atoms with Gasteiger partial charge in [-0.25, -0.2) is 4.79 Å². The molecule has 1 atom stereocenters. The van der Waals surface area contributed by atoms with Crippen LogP contribution in [0.1, 0.15) is 33.3 Å². The molecule has 9 heteroatoms. The van der Waals surface area contributed by atoms with Gasteiger partial charge in [0.05, 0.1) is 5.25 Å². The van der Waals surface area contributed by atoms with Gasteiger partial charge in [-0.1, -0.05) is 42.1 Å². The Balaban J connectivity index is 1.62. The van der Waals surface area contributed by atoms with E-state index in [-0.39, 0.29) is 5.91 Å². The highest BCUT2D eigenvalue weighted by atomic mass is 32.2. The van der Waals surface area contributed by atoms with E-state index < -0.39 is 11.3 Å². The molecule has 0 saturated carbocycles. The molecule has 2 aromatic carbocycles. The number of hydrogen-bond acceptors (Lipinski definition) is 6. The quantitative estimate of drug-likeness (QED) is 0.420. The van der Waals surface area contributed by atoms with Crippen LogP contribution in [0.3, 0.4) is 0 Å². The number of aromatic nitrogens is 3. The number of hydrogen-bond donors (Lipinski definition) is 2. The van der Waals surface area contributed by atoms with Gasteiger partial charge in [-0.3, -0.25) is 10.1 Å². The molecule has 1 unspecified atom stereocenters. The zero-order valence-corrected chi connectivity index (χ0v) is 20.9. The number of imide groups is 1. The number of nitrogens with one attached hydrogen (secondary N) is 2. The molecule has 3 amide bonds. The lowest BCUT2D eigenvalue weighted by molar-refractivity contribution is -0.119. The summed E-state index contributed by atoms with van der Waals surface area (Å²) >= 11 is 1.28. The van der Waals surface area contributed by atoms with Crippen molar-refractivity contribution >= 4 is 29.4 Å². The van der Waals surface area contributed by atoms with Crippen LogP contribution in [0.25, 0.3) is 11.4 Å². The molecule has 0 spiro atoms. The number of carbonyl (C=O) groups is 2. The monoisotopic (exact) mass is 480 g/mol. The van der Waals surface area contributed by atoms with Gasteiger partial charge in [0.15, 0.2) is 11.0 Å². The second-order valence-electron chi connectivity index (χ2n) is 7.69. The molecule has 0 aliphatic heterocycles. The largest absolute Gasteiger partial charge is 0.372 e. The number of thioether (sulfide) groups is 1. The Morgan fingerprint density at radius 2 is 1.68 bits per heavy atom. The highest BCUT2D eigenvalue weighted by Gasteiger charge is 2.21. The summed E-state index contributed by atoms with van der Waals surface area (Å²) in [6, 6.07) is 17.3. The normalized spacial score (nSPS) is 11.6. The van der Waals surface area contributed by atoms with Crippen LogP contribution in [-0.2, 0) is 17.9 Å². The lowest BCUT2D eigenvalue weighted by Crippen LogP contribution is -2.42. The van der Waals surface area contributed by atoms with Gasteiger partial charge in [0, 0.05) is 37.4 Å². The minimum atomic E-state index is -0.521. The molecule has 0 aliphatic rings. The summed E-state index contributed by atoms with van der Waals surface area (Å²) in [7, 11) is 0. The summed E-state index contributed by atoms with van der Waals surface area (Å²) in [6.07, 6.45) is 0. The van der Waals surface area contributed by atoms with Crippen molar-refractivity contribution in [1.29, 1.82) is 0 Å². The van der Waals surface area contributed by atoms with Gasteiger partial charge in [-0.2, -0.15) is 0 Å². The number of benzene rings is 2. The standard InChI is InChI=1S/C25H32N6O2S/c1-5-30(6-2)21-15-13-20(14-16-21)22-28-29-25(31(22)7-3)34-18(4)23(32)27-24(33)26-17-19-11-9-8-10-12-19/h8-16,18H,5-7,17H2,1-4H3,(H2,26,27,32,33). The molecule has 0 radical (unpaired) electrons. The first kappa shape index (κ1) is 25.3. The smallest absolute Gasteiger partial charge is 0.321 e. The Labute approximate surface area is 205 Å². The minimum absolute atomic E-state index is 0.349. The summed E-state index contributed by atoms with van der Waals surface area (Å²) in [5.41, 5.74) is 3.09. The zero-order valence-electron chi connectivity index (χ0n) is 20.1. The zero-order chi connectivity index (χ0) is 24.5. The van der Waals surface area contributed by atoms with Crippen LogP contribution >= 0.6 is 11.8 Å². The third-order valence-electron chi connectivity index (χ3n) is 5.47. The van der Waals surface area contributed by atoms with Crippen LogP contribution in [0.5, 0.6) is 0 Å². The molecule has 8 nitrogen and oxygen atoms in total. The summed E-state index contributed by atoms with van der Waals surface area (Å²) in [5, 5.41) is 13.9. The van der Waals surface area contributed by atoms with Gasteiger partial charge in [0.1, 0.15) is 0 Å². The maximum Gasteiger partial charge on any atom is 0.321 e. The molecule has 0 fully saturated rings. The highest BCUT2D eigenvalue weighted by Crippen LogP contribution is 2.28. The summed E-state index contributed by atoms with van der Waals surface area (Å²) < 4.78 is 1.98. The Hall–Kier alpha value is -3.33. The molecule has 1 heterocycles. The fourth-order valence-electron chi connectivity index (χ4n) is 3.53. The van der Waals surface area contributed by atoms with Crippen molar-refractivity contribution in [2.75, 3.05) is 18.0 Å². The minimum Gasteiger partial charge on any atom is -0.372 e. The van der Waals surface area contributed by atoms with Crippen LogP contribution in [0.2, 0.25) is 0 Å². The Bertz CT molecular complexity index is 1080. The summed E-state index contributed by atoms with van der Waals surface area (Å²) in [4.78, 5) is 27.0. The predicted molar refractivity (Wildman–Crippen MR) is 137 cm³/mol. The fraction of sp³-hybridized carbons (Fsp3) is 0.360. The number of urea groups is 1. The predicted octanol–water partition coefficient (Wildman–Crippen LogP) is 4.32. The van der Waals surface area contributed by atoms with E-state index in [4.69, 9.17) is 0 Å². The van der Waals surface area contributed by atoms with Gasteiger partial charge in [0.25, 0.3) is 0 Å². The van der Waals surface area contributed by atoms with E-state index in [2.05, 4.69) is 51.7 Å². The number of carbonyl (C=O) groups excluding carboxylic acids is 2. The molecule has 3 aromatic rings. The van der Waals surface area contributed by atoms with E-state index in [1.165, 1.54) is 17.4 Å². The van der Waals surface area contributed by atoms with Crippen molar-refractivity contribution in [3.8, 4) is 11.4 Å². The van der Waals surface area contributed by atoms with Crippen molar-refractivity contribution in [3.63, 3.8) is 0 Å². The number of rotatable bonds is 10. The molecule has 180 valence electrons. The Kier molecular flexibility index (Phi) is 9.09. The van der Waals surface area contributed by atoms with E-state index in [1.54, 1.807) is 6.92 Å². The first-order chi connectivity index (χ1) is 16.5. The van der Waals surface area contributed by atoms with Crippen LogP contribution in [0.15, 0.2) is 59.8 Å². The molecule has 0 aliphatic carbocycles. The molecule has 0 saturated heterocycles. The lowest BCUT2D eigenvalue weighted by Gasteiger charge is -2.21. The Morgan fingerprint density at radius 3 is 2.29 bits per heavy atom. The average Bonchev–Trinajstić information content (AvgIpc) is 3.27. The van der Waals surface area contributed by atoms with E-state index in [0.717, 1.165) is 30.0 Å². The number of anilines is 1. The first-order valence-corrected chi connectivity index (χ1v) is 12.4. The van der Waals surface area contributed by atoms with E-state index in [9.17, 15) is 9.59 Å². The van der Waals surface area contributed by atoms with Crippen molar-refractivity contribution in [1.82, 2.24) is 25.4 Å². The van der Waals surface area contributed by atoms with Crippen molar-refractivity contribution in [3.05, 3.63) is 60.2 Å². The molecular weight excluding hydrogens is 448 g/mol. The van der Waals surface area contributed by atoms with Crippen LogP contribution < -0.4 is 15.5 Å². The Morgan fingerprint density at radius 1 is 1.00 bits per heavy atom. The summed E-state index contributed by atoms with van der Waals surface area (Å²) in [6.45, 7) is 11.0. The summed E-state index contributed by atoms with van der Waals surface area (Å²) in [5.74, 6) is 0.371. The highest BCUT2D eigenvalue weighted by molar-refractivity contribution is 8.00. The molecule has 34 heavy (non-hydrogen) atoms. The van der Waals surface area contributed by atoms with Crippen molar-refractivity contribution in [2.24, 2.45) is 0 Å². The maximum absolute atomic E-state index is 12.5. The molecule has 1 aromatic heterocycles. The van der Waals surface area contributed by atoms with Gasteiger partial charge < -0.3 is 14.8 Å². The van der Waals surface area contributed by atoms with Crippen molar-refractivity contribution in [2.45, 2.75) is 51.2 Å². The van der Waals surface area contributed by atoms with Gasteiger partial charge in [0.2, 0.25) is 5.91 Å². The number of amides is 3. The molecular formula is C25H32N6O2S.